The maximum absolute atomic E-state index is 4.04. The van der Waals surface area contributed by atoms with Gasteiger partial charge in [0.2, 0.25) is 0 Å². The summed E-state index contributed by atoms with van der Waals surface area (Å²) in [5, 5.41) is 3.56. The SMILES string of the molecule is Cc1cccc(CN[C@@H](C)c2ccncc2)c1C. The molecule has 0 saturated carbocycles. The summed E-state index contributed by atoms with van der Waals surface area (Å²) in [5.74, 6) is 0. The first-order chi connectivity index (χ1) is 8.68. The van der Waals surface area contributed by atoms with Crippen LogP contribution in [0, 0.1) is 13.8 Å². The minimum atomic E-state index is 0.341. The lowest BCUT2D eigenvalue weighted by Gasteiger charge is -2.16. The molecule has 0 amide bonds. The van der Waals surface area contributed by atoms with Gasteiger partial charge in [0.05, 0.1) is 0 Å². The summed E-state index contributed by atoms with van der Waals surface area (Å²) >= 11 is 0. The Morgan fingerprint density at radius 3 is 2.56 bits per heavy atom. The van der Waals surface area contributed by atoms with Crippen molar-refractivity contribution < 1.29 is 0 Å². The van der Waals surface area contributed by atoms with Gasteiger partial charge in [-0.3, -0.25) is 4.98 Å². The molecule has 1 atom stereocenters. The van der Waals surface area contributed by atoms with Crippen molar-refractivity contribution in [2.45, 2.75) is 33.4 Å². The van der Waals surface area contributed by atoms with Crippen LogP contribution in [0.15, 0.2) is 42.7 Å². The van der Waals surface area contributed by atoms with Gasteiger partial charge in [-0.15, -0.1) is 0 Å². The zero-order valence-electron chi connectivity index (χ0n) is 11.3. The Bertz CT molecular complexity index is 506. The predicted octanol–water partition coefficient (Wildman–Crippen LogP) is 3.55. The molecule has 0 radical (unpaired) electrons. The van der Waals surface area contributed by atoms with Crippen molar-refractivity contribution in [3.63, 3.8) is 0 Å². The van der Waals surface area contributed by atoms with Crippen molar-refractivity contribution in [1.82, 2.24) is 10.3 Å². The van der Waals surface area contributed by atoms with Gasteiger partial charge in [-0.25, -0.2) is 0 Å². The molecule has 2 rings (SSSR count). The van der Waals surface area contributed by atoms with E-state index in [0.29, 0.717) is 6.04 Å². The number of aryl methyl sites for hydroxylation is 1. The molecule has 0 fully saturated rings. The topological polar surface area (TPSA) is 24.9 Å². The minimum absolute atomic E-state index is 0.341. The molecule has 2 heteroatoms. The number of rotatable bonds is 4. The van der Waals surface area contributed by atoms with Crippen LogP contribution in [0.3, 0.4) is 0 Å². The lowest BCUT2D eigenvalue weighted by Crippen LogP contribution is -2.18. The molecule has 0 aliphatic carbocycles. The van der Waals surface area contributed by atoms with E-state index in [4.69, 9.17) is 0 Å². The van der Waals surface area contributed by atoms with E-state index in [1.165, 1.54) is 22.3 Å². The fourth-order valence-corrected chi connectivity index (χ4v) is 2.04. The van der Waals surface area contributed by atoms with Gasteiger partial charge in [-0.05, 0) is 55.2 Å². The van der Waals surface area contributed by atoms with E-state index in [-0.39, 0.29) is 0 Å². The van der Waals surface area contributed by atoms with Crippen LogP contribution < -0.4 is 5.32 Å². The molecule has 94 valence electrons. The average Bonchev–Trinajstić information content (AvgIpc) is 2.41. The predicted molar refractivity (Wildman–Crippen MR) is 75.4 cm³/mol. The first kappa shape index (κ1) is 12.8. The summed E-state index contributed by atoms with van der Waals surface area (Å²) in [5.41, 5.74) is 5.38. The highest BCUT2D eigenvalue weighted by Crippen LogP contribution is 2.15. The van der Waals surface area contributed by atoms with Gasteiger partial charge < -0.3 is 5.32 Å². The molecule has 0 unspecified atom stereocenters. The third-order valence-corrected chi connectivity index (χ3v) is 3.52. The van der Waals surface area contributed by atoms with Gasteiger partial charge in [0.25, 0.3) is 0 Å². The molecule has 1 aromatic carbocycles. The van der Waals surface area contributed by atoms with Gasteiger partial charge in [0, 0.05) is 25.0 Å². The zero-order chi connectivity index (χ0) is 13.0. The molecule has 1 aromatic heterocycles. The van der Waals surface area contributed by atoms with Crippen molar-refractivity contribution in [1.29, 1.82) is 0 Å². The van der Waals surface area contributed by atoms with E-state index < -0.39 is 0 Å². The Morgan fingerprint density at radius 2 is 1.83 bits per heavy atom. The van der Waals surface area contributed by atoms with Gasteiger partial charge >= 0.3 is 0 Å². The second-order valence-corrected chi connectivity index (χ2v) is 4.74. The Hall–Kier alpha value is -1.67. The number of aromatic nitrogens is 1. The first-order valence-electron chi connectivity index (χ1n) is 6.37. The van der Waals surface area contributed by atoms with Crippen LogP contribution in [-0.2, 0) is 6.54 Å². The van der Waals surface area contributed by atoms with Gasteiger partial charge in [-0.2, -0.15) is 0 Å². The van der Waals surface area contributed by atoms with Crippen molar-refractivity contribution in [2.75, 3.05) is 0 Å². The van der Waals surface area contributed by atoms with Gasteiger partial charge in [0.1, 0.15) is 0 Å². The van der Waals surface area contributed by atoms with E-state index >= 15 is 0 Å². The second kappa shape index (κ2) is 5.78. The largest absolute Gasteiger partial charge is 0.306 e. The number of hydrogen-bond donors (Lipinski definition) is 1. The fraction of sp³-hybridized carbons (Fsp3) is 0.312. The Balaban J connectivity index is 2.02. The third kappa shape index (κ3) is 2.96. The summed E-state index contributed by atoms with van der Waals surface area (Å²) in [6.07, 6.45) is 3.68. The number of hydrogen-bond acceptors (Lipinski definition) is 2. The van der Waals surface area contributed by atoms with Gasteiger partial charge in [0.15, 0.2) is 0 Å². The maximum atomic E-state index is 4.04. The van der Waals surface area contributed by atoms with Crippen molar-refractivity contribution in [2.24, 2.45) is 0 Å². The molecule has 0 aliphatic rings. The standard InChI is InChI=1S/C16H20N2/c1-12-5-4-6-16(13(12)2)11-18-14(3)15-7-9-17-10-8-15/h4-10,14,18H,11H2,1-3H3/t14-/m0/s1. The van der Waals surface area contributed by atoms with E-state index in [2.05, 4.69) is 61.4 Å². The molecule has 1 N–H and O–H groups in total. The molecule has 2 nitrogen and oxygen atoms in total. The molecular formula is C16H20N2. The first-order valence-corrected chi connectivity index (χ1v) is 6.37. The van der Waals surface area contributed by atoms with Crippen LogP contribution in [0.1, 0.15) is 35.2 Å². The Morgan fingerprint density at radius 1 is 1.11 bits per heavy atom. The van der Waals surface area contributed by atoms with Crippen LogP contribution in [0.25, 0.3) is 0 Å². The van der Waals surface area contributed by atoms with E-state index in [0.717, 1.165) is 6.54 Å². The average molecular weight is 240 g/mol. The molecule has 0 saturated heterocycles. The third-order valence-electron chi connectivity index (χ3n) is 3.52. The lowest BCUT2D eigenvalue weighted by molar-refractivity contribution is 0.572. The molecule has 0 aliphatic heterocycles. The number of nitrogens with zero attached hydrogens (tertiary/aromatic N) is 1. The zero-order valence-corrected chi connectivity index (χ0v) is 11.3. The van der Waals surface area contributed by atoms with Crippen molar-refractivity contribution >= 4 is 0 Å². The minimum Gasteiger partial charge on any atom is -0.306 e. The molecule has 2 aromatic rings. The molecule has 1 heterocycles. The number of benzene rings is 1. The van der Waals surface area contributed by atoms with E-state index in [9.17, 15) is 0 Å². The highest BCUT2D eigenvalue weighted by Gasteiger charge is 2.06. The van der Waals surface area contributed by atoms with E-state index in [1.54, 1.807) is 0 Å². The smallest absolute Gasteiger partial charge is 0.0296 e. The summed E-state index contributed by atoms with van der Waals surface area (Å²) in [7, 11) is 0. The van der Waals surface area contributed by atoms with Crippen LogP contribution in [0.2, 0.25) is 0 Å². The summed E-state index contributed by atoms with van der Waals surface area (Å²) in [4.78, 5) is 4.04. The van der Waals surface area contributed by atoms with Crippen LogP contribution in [0.4, 0.5) is 0 Å². The van der Waals surface area contributed by atoms with E-state index in [1.807, 2.05) is 12.4 Å². The quantitative estimate of drug-likeness (QED) is 0.884. The highest BCUT2D eigenvalue weighted by atomic mass is 14.9. The highest BCUT2D eigenvalue weighted by molar-refractivity contribution is 5.33. The van der Waals surface area contributed by atoms with Crippen molar-refractivity contribution in [3.05, 3.63) is 65.0 Å². The molecule has 0 bridgehead atoms. The Kier molecular flexibility index (Phi) is 4.11. The van der Waals surface area contributed by atoms with Crippen LogP contribution in [-0.4, -0.2) is 4.98 Å². The molecule has 18 heavy (non-hydrogen) atoms. The lowest BCUT2D eigenvalue weighted by atomic mass is 10.0. The second-order valence-electron chi connectivity index (χ2n) is 4.74. The van der Waals surface area contributed by atoms with Crippen molar-refractivity contribution in [3.8, 4) is 0 Å². The summed E-state index contributed by atoms with van der Waals surface area (Å²) in [6, 6.07) is 10.9. The van der Waals surface area contributed by atoms with Crippen LogP contribution in [0.5, 0.6) is 0 Å². The fourth-order valence-electron chi connectivity index (χ4n) is 2.04. The number of nitrogens with one attached hydrogen (secondary N) is 1. The van der Waals surface area contributed by atoms with Gasteiger partial charge in [-0.1, -0.05) is 18.2 Å². The molecule has 0 spiro atoms. The summed E-state index contributed by atoms with van der Waals surface area (Å²) in [6.45, 7) is 7.42. The van der Waals surface area contributed by atoms with Crippen LogP contribution >= 0.6 is 0 Å². The molecular weight excluding hydrogens is 220 g/mol. The maximum Gasteiger partial charge on any atom is 0.0296 e. The summed E-state index contributed by atoms with van der Waals surface area (Å²) < 4.78 is 0. The Labute approximate surface area is 109 Å². The number of pyridine rings is 1. The monoisotopic (exact) mass is 240 g/mol. The normalized spacial score (nSPS) is 12.4.